The molecule has 0 aliphatic carbocycles. The third-order valence-electron chi connectivity index (χ3n) is 4.50. The Morgan fingerprint density at radius 1 is 1.15 bits per heavy atom. The molecule has 0 aliphatic heterocycles. The number of amides is 1. The number of nitrogens with one attached hydrogen (secondary N) is 1. The van der Waals surface area contributed by atoms with Crippen molar-refractivity contribution in [1.29, 1.82) is 0 Å². The van der Waals surface area contributed by atoms with Gasteiger partial charge in [0.15, 0.2) is 0 Å². The van der Waals surface area contributed by atoms with E-state index < -0.39 is 0 Å². The Balaban J connectivity index is 2.16. The lowest BCUT2D eigenvalue weighted by Gasteiger charge is -2.19. The van der Waals surface area contributed by atoms with Crippen LogP contribution in [0, 0.1) is 6.92 Å². The molecular formula is C21H27N3O2. The smallest absolute Gasteiger partial charge is 0.271 e. The third-order valence-corrected chi connectivity index (χ3v) is 4.50. The second kappa shape index (κ2) is 9.15. The number of aromatic hydroxyl groups is 1. The first kappa shape index (κ1) is 19.7. The molecule has 26 heavy (non-hydrogen) atoms. The van der Waals surface area contributed by atoms with Gasteiger partial charge in [0.1, 0.15) is 5.75 Å². The van der Waals surface area contributed by atoms with Crippen molar-refractivity contribution in [3.63, 3.8) is 0 Å². The fourth-order valence-corrected chi connectivity index (χ4v) is 2.71. The summed E-state index contributed by atoms with van der Waals surface area (Å²) in [7, 11) is 0. The summed E-state index contributed by atoms with van der Waals surface area (Å²) >= 11 is 0. The van der Waals surface area contributed by atoms with Gasteiger partial charge in [-0.05, 0) is 62.3 Å². The van der Waals surface area contributed by atoms with Gasteiger partial charge in [0.25, 0.3) is 5.91 Å². The number of hydrogen-bond acceptors (Lipinski definition) is 4. The highest BCUT2D eigenvalue weighted by molar-refractivity contribution is 6.01. The summed E-state index contributed by atoms with van der Waals surface area (Å²) < 4.78 is 0. The minimum absolute atomic E-state index is 0.232. The maximum atomic E-state index is 12.3. The number of carbonyl (C=O) groups excluding carboxylic acids is 1. The van der Waals surface area contributed by atoms with Gasteiger partial charge in [-0.15, -0.1) is 0 Å². The maximum Gasteiger partial charge on any atom is 0.271 e. The number of phenols is 1. The number of aryl methyl sites for hydroxylation is 1. The molecule has 0 spiro atoms. The number of benzene rings is 2. The zero-order valence-corrected chi connectivity index (χ0v) is 15.9. The molecule has 0 unspecified atom stereocenters. The largest absolute Gasteiger partial charge is 0.508 e. The van der Waals surface area contributed by atoms with Gasteiger partial charge in [-0.2, -0.15) is 5.10 Å². The van der Waals surface area contributed by atoms with Crippen LogP contribution in [0.5, 0.6) is 5.75 Å². The lowest BCUT2D eigenvalue weighted by molar-refractivity contribution is 0.0954. The minimum atomic E-state index is -0.232. The topological polar surface area (TPSA) is 64.9 Å². The fourth-order valence-electron chi connectivity index (χ4n) is 2.71. The van der Waals surface area contributed by atoms with Gasteiger partial charge >= 0.3 is 0 Å². The number of hydrogen-bond donors (Lipinski definition) is 2. The molecule has 0 aromatic heterocycles. The SMILES string of the molecule is CCN(CC)Cc1cc(/C(C)=N/NC(=O)c2ccccc2C)ccc1O. The van der Waals surface area contributed by atoms with E-state index in [9.17, 15) is 9.90 Å². The highest BCUT2D eigenvalue weighted by Crippen LogP contribution is 2.21. The molecule has 2 rings (SSSR count). The van der Waals surface area contributed by atoms with Crippen molar-refractivity contribution in [2.75, 3.05) is 13.1 Å². The zero-order chi connectivity index (χ0) is 19.1. The van der Waals surface area contributed by atoms with Crippen LogP contribution in [0.1, 0.15) is 47.8 Å². The first-order valence-corrected chi connectivity index (χ1v) is 8.91. The molecule has 0 atom stereocenters. The second-order valence-corrected chi connectivity index (χ2v) is 6.26. The molecule has 2 aromatic rings. The summed E-state index contributed by atoms with van der Waals surface area (Å²) in [6.07, 6.45) is 0. The predicted octanol–water partition coefficient (Wildman–Crippen LogP) is 3.70. The molecular weight excluding hydrogens is 326 g/mol. The van der Waals surface area contributed by atoms with Crippen LogP contribution in [0.25, 0.3) is 0 Å². The van der Waals surface area contributed by atoms with E-state index in [1.807, 2.05) is 38.1 Å². The average molecular weight is 353 g/mol. The Labute approximate surface area is 155 Å². The lowest BCUT2D eigenvalue weighted by atomic mass is 10.1. The van der Waals surface area contributed by atoms with E-state index in [0.29, 0.717) is 17.8 Å². The summed E-state index contributed by atoms with van der Waals surface area (Å²) in [5.41, 5.74) is 6.54. The van der Waals surface area contributed by atoms with Crippen molar-refractivity contribution in [1.82, 2.24) is 10.3 Å². The molecule has 2 N–H and O–H groups in total. The van der Waals surface area contributed by atoms with Gasteiger partial charge in [-0.1, -0.05) is 32.0 Å². The summed E-state index contributed by atoms with van der Waals surface area (Å²) in [5.74, 6) is 0.0435. The van der Waals surface area contributed by atoms with Crippen LogP contribution in [0.15, 0.2) is 47.6 Å². The number of hydrazone groups is 1. The van der Waals surface area contributed by atoms with Crippen LogP contribution in [-0.2, 0) is 6.54 Å². The average Bonchev–Trinajstić information content (AvgIpc) is 2.65. The summed E-state index contributed by atoms with van der Waals surface area (Å²) in [6.45, 7) is 10.4. The number of nitrogens with zero attached hydrogens (tertiary/aromatic N) is 2. The molecule has 138 valence electrons. The molecule has 0 saturated heterocycles. The van der Waals surface area contributed by atoms with Crippen molar-refractivity contribution in [2.24, 2.45) is 5.10 Å². The summed E-state index contributed by atoms with van der Waals surface area (Å²) in [5, 5.41) is 14.3. The Bertz CT molecular complexity index is 796. The Hall–Kier alpha value is -2.66. The zero-order valence-electron chi connectivity index (χ0n) is 15.9. The molecule has 0 heterocycles. The second-order valence-electron chi connectivity index (χ2n) is 6.26. The highest BCUT2D eigenvalue weighted by atomic mass is 16.3. The molecule has 5 nitrogen and oxygen atoms in total. The minimum Gasteiger partial charge on any atom is -0.508 e. The first-order valence-electron chi connectivity index (χ1n) is 8.91. The first-order chi connectivity index (χ1) is 12.5. The van der Waals surface area contributed by atoms with Crippen LogP contribution < -0.4 is 5.43 Å². The Morgan fingerprint density at radius 2 is 1.85 bits per heavy atom. The maximum absolute atomic E-state index is 12.3. The quantitative estimate of drug-likeness (QED) is 0.589. The predicted molar refractivity (Wildman–Crippen MR) is 106 cm³/mol. The van der Waals surface area contributed by atoms with Crippen LogP contribution in [-0.4, -0.2) is 34.7 Å². The van der Waals surface area contributed by atoms with Gasteiger partial charge < -0.3 is 5.11 Å². The van der Waals surface area contributed by atoms with E-state index in [1.165, 1.54) is 0 Å². The van der Waals surface area contributed by atoms with Crippen LogP contribution in [0.4, 0.5) is 0 Å². The van der Waals surface area contributed by atoms with Gasteiger partial charge in [0, 0.05) is 17.7 Å². The van der Waals surface area contributed by atoms with Crippen LogP contribution in [0.2, 0.25) is 0 Å². The van der Waals surface area contributed by atoms with E-state index in [-0.39, 0.29) is 11.7 Å². The summed E-state index contributed by atoms with van der Waals surface area (Å²) in [4.78, 5) is 14.5. The van der Waals surface area contributed by atoms with Crippen molar-refractivity contribution in [2.45, 2.75) is 34.2 Å². The van der Waals surface area contributed by atoms with Crippen LogP contribution in [0.3, 0.4) is 0 Å². The van der Waals surface area contributed by atoms with E-state index >= 15 is 0 Å². The van der Waals surface area contributed by atoms with E-state index in [2.05, 4.69) is 29.3 Å². The Morgan fingerprint density at radius 3 is 2.50 bits per heavy atom. The molecule has 0 aliphatic rings. The Kier molecular flexibility index (Phi) is 6.92. The lowest BCUT2D eigenvalue weighted by Crippen LogP contribution is -2.22. The van der Waals surface area contributed by atoms with Gasteiger partial charge in [-0.3, -0.25) is 9.69 Å². The van der Waals surface area contributed by atoms with Gasteiger partial charge in [0.2, 0.25) is 0 Å². The fraction of sp³-hybridized carbons (Fsp3) is 0.333. The summed E-state index contributed by atoms with van der Waals surface area (Å²) in [6, 6.07) is 12.8. The molecule has 0 bridgehead atoms. The molecule has 0 fully saturated rings. The molecule has 5 heteroatoms. The van der Waals surface area contributed by atoms with Gasteiger partial charge in [0.05, 0.1) is 5.71 Å². The molecule has 0 saturated carbocycles. The number of rotatable bonds is 7. The van der Waals surface area contributed by atoms with Gasteiger partial charge in [-0.25, -0.2) is 5.43 Å². The standard InChI is InChI=1S/C21H27N3O2/c1-5-24(6-2)14-18-13-17(11-12-20(18)25)16(4)22-23-21(26)19-10-8-7-9-15(19)3/h7-13,25H,5-6,14H2,1-4H3,(H,23,26)/b22-16+. The highest BCUT2D eigenvalue weighted by Gasteiger charge is 2.10. The van der Waals surface area contributed by atoms with Crippen molar-refractivity contribution >= 4 is 11.6 Å². The van der Waals surface area contributed by atoms with Crippen LogP contribution >= 0.6 is 0 Å². The van der Waals surface area contributed by atoms with Crippen molar-refractivity contribution < 1.29 is 9.90 Å². The third kappa shape index (κ3) is 4.92. The number of phenolic OH excluding ortho intramolecular Hbond substituents is 1. The molecule has 2 aromatic carbocycles. The molecule has 1 amide bonds. The number of carbonyl (C=O) groups is 1. The van der Waals surface area contributed by atoms with E-state index in [1.54, 1.807) is 18.2 Å². The normalized spacial score (nSPS) is 11.7. The monoisotopic (exact) mass is 353 g/mol. The van der Waals surface area contributed by atoms with Crippen molar-refractivity contribution in [3.8, 4) is 5.75 Å². The van der Waals surface area contributed by atoms with Crippen molar-refractivity contribution in [3.05, 3.63) is 64.7 Å². The van der Waals surface area contributed by atoms with E-state index in [4.69, 9.17) is 0 Å². The molecule has 0 radical (unpaired) electrons. The van der Waals surface area contributed by atoms with E-state index in [0.717, 1.165) is 29.8 Å².